The Morgan fingerprint density at radius 2 is 1.85 bits per heavy atom. The minimum Gasteiger partial charge on any atom is -0.381 e. The van der Waals surface area contributed by atoms with Crippen LogP contribution in [0.3, 0.4) is 0 Å². The maximum atomic E-state index is 12.8. The highest BCUT2D eigenvalue weighted by Crippen LogP contribution is 2.30. The van der Waals surface area contributed by atoms with E-state index in [0.717, 1.165) is 23.7 Å². The van der Waals surface area contributed by atoms with Crippen molar-refractivity contribution in [1.29, 1.82) is 0 Å². The zero-order valence-electron chi connectivity index (χ0n) is 14.4. The molecule has 4 rings (SSSR count). The van der Waals surface area contributed by atoms with Crippen LogP contribution in [0.1, 0.15) is 40.5 Å². The van der Waals surface area contributed by atoms with E-state index in [4.69, 9.17) is 0 Å². The summed E-state index contributed by atoms with van der Waals surface area (Å²) in [4.78, 5) is 49.8. The van der Waals surface area contributed by atoms with E-state index in [9.17, 15) is 19.2 Å². The third-order valence-corrected chi connectivity index (χ3v) is 5.31. The molecule has 2 fully saturated rings. The third-order valence-electron chi connectivity index (χ3n) is 5.31. The molecule has 136 valence electrons. The van der Waals surface area contributed by atoms with Crippen molar-refractivity contribution in [3.8, 4) is 0 Å². The molecular formula is C18H20N4O4. The summed E-state index contributed by atoms with van der Waals surface area (Å²) in [5.74, 6) is -1.49. The number of imide groups is 2. The zero-order valence-corrected chi connectivity index (χ0v) is 14.4. The fraction of sp³-hybridized carbons (Fsp3) is 0.444. The SMILES string of the molecule is C[C@@H]1CNC[C@@H]1Nc1ccc2c(c1)C(=O)N(C1CCC(=O)NC1=O)C2=O. The van der Waals surface area contributed by atoms with Crippen LogP contribution in [0.25, 0.3) is 0 Å². The summed E-state index contributed by atoms with van der Waals surface area (Å²) in [5, 5.41) is 8.90. The molecule has 3 atom stereocenters. The molecule has 0 aromatic heterocycles. The zero-order chi connectivity index (χ0) is 18.4. The van der Waals surface area contributed by atoms with Gasteiger partial charge < -0.3 is 10.6 Å². The van der Waals surface area contributed by atoms with Crippen molar-refractivity contribution in [2.75, 3.05) is 18.4 Å². The molecule has 0 radical (unpaired) electrons. The largest absolute Gasteiger partial charge is 0.381 e. The van der Waals surface area contributed by atoms with Gasteiger partial charge in [0.15, 0.2) is 0 Å². The molecule has 0 spiro atoms. The van der Waals surface area contributed by atoms with Gasteiger partial charge in [0, 0.05) is 24.7 Å². The lowest BCUT2D eigenvalue weighted by Crippen LogP contribution is -2.54. The number of hydrogen-bond donors (Lipinski definition) is 3. The number of hydrogen-bond acceptors (Lipinski definition) is 6. The quantitative estimate of drug-likeness (QED) is 0.664. The average Bonchev–Trinajstić information content (AvgIpc) is 3.11. The normalized spacial score (nSPS) is 28.3. The molecule has 0 aliphatic carbocycles. The second kappa shape index (κ2) is 6.21. The molecule has 1 unspecified atom stereocenters. The number of rotatable bonds is 3. The van der Waals surface area contributed by atoms with E-state index in [0.29, 0.717) is 17.0 Å². The molecule has 26 heavy (non-hydrogen) atoms. The Hall–Kier alpha value is -2.74. The lowest BCUT2D eigenvalue weighted by molar-refractivity contribution is -0.136. The smallest absolute Gasteiger partial charge is 0.262 e. The summed E-state index contributed by atoms with van der Waals surface area (Å²) in [5.41, 5.74) is 1.36. The second-order valence-electron chi connectivity index (χ2n) is 7.09. The lowest BCUT2D eigenvalue weighted by atomic mass is 10.0. The van der Waals surface area contributed by atoms with Crippen molar-refractivity contribution in [2.45, 2.75) is 31.8 Å². The van der Waals surface area contributed by atoms with E-state index in [1.165, 1.54) is 0 Å². The predicted octanol–water partition coefficient (Wildman–Crippen LogP) is 0.108. The summed E-state index contributed by atoms with van der Waals surface area (Å²) < 4.78 is 0. The first kappa shape index (κ1) is 16.7. The van der Waals surface area contributed by atoms with Crippen LogP contribution < -0.4 is 16.0 Å². The molecule has 2 saturated heterocycles. The Morgan fingerprint density at radius 3 is 2.54 bits per heavy atom. The van der Waals surface area contributed by atoms with Crippen molar-refractivity contribution in [3.63, 3.8) is 0 Å². The van der Waals surface area contributed by atoms with E-state index in [1.54, 1.807) is 18.2 Å². The molecule has 8 nitrogen and oxygen atoms in total. The summed E-state index contributed by atoms with van der Waals surface area (Å²) in [7, 11) is 0. The minimum absolute atomic E-state index is 0.114. The van der Waals surface area contributed by atoms with Crippen molar-refractivity contribution in [1.82, 2.24) is 15.5 Å². The Morgan fingerprint density at radius 1 is 1.08 bits per heavy atom. The number of amides is 4. The van der Waals surface area contributed by atoms with Crippen LogP contribution in [0.15, 0.2) is 18.2 Å². The molecule has 0 saturated carbocycles. The van der Waals surface area contributed by atoms with Gasteiger partial charge in [-0.3, -0.25) is 29.4 Å². The molecule has 1 aromatic carbocycles. The van der Waals surface area contributed by atoms with Crippen molar-refractivity contribution in [3.05, 3.63) is 29.3 Å². The topological polar surface area (TPSA) is 108 Å². The van der Waals surface area contributed by atoms with Crippen LogP contribution in [0, 0.1) is 5.92 Å². The number of nitrogens with one attached hydrogen (secondary N) is 3. The van der Waals surface area contributed by atoms with Gasteiger partial charge in [-0.25, -0.2) is 0 Å². The number of anilines is 1. The molecule has 3 heterocycles. The molecule has 1 aromatic rings. The van der Waals surface area contributed by atoms with E-state index < -0.39 is 23.8 Å². The van der Waals surface area contributed by atoms with Gasteiger partial charge in [0.2, 0.25) is 11.8 Å². The highest BCUT2D eigenvalue weighted by Gasteiger charge is 2.44. The van der Waals surface area contributed by atoms with Gasteiger partial charge in [0.25, 0.3) is 11.8 Å². The fourth-order valence-corrected chi connectivity index (χ4v) is 3.78. The highest BCUT2D eigenvalue weighted by molar-refractivity contribution is 6.23. The number of fused-ring (bicyclic) bond motifs is 1. The van der Waals surface area contributed by atoms with Gasteiger partial charge >= 0.3 is 0 Å². The summed E-state index contributed by atoms with van der Waals surface area (Å²) >= 11 is 0. The van der Waals surface area contributed by atoms with Crippen LogP contribution in [-0.2, 0) is 9.59 Å². The summed E-state index contributed by atoms with van der Waals surface area (Å²) in [6, 6.07) is 4.40. The first-order valence-electron chi connectivity index (χ1n) is 8.78. The van der Waals surface area contributed by atoms with Crippen molar-refractivity contribution in [2.24, 2.45) is 5.92 Å². The average molecular weight is 356 g/mol. The molecule has 8 heteroatoms. The van der Waals surface area contributed by atoms with Gasteiger partial charge in [-0.1, -0.05) is 6.92 Å². The van der Waals surface area contributed by atoms with Gasteiger partial charge in [0.1, 0.15) is 6.04 Å². The maximum Gasteiger partial charge on any atom is 0.262 e. The van der Waals surface area contributed by atoms with E-state index in [-0.39, 0.29) is 24.8 Å². The Kier molecular flexibility index (Phi) is 3.99. The maximum absolute atomic E-state index is 12.8. The van der Waals surface area contributed by atoms with Gasteiger partial charge in [-0.2, -0.15) is 0 Å². The van der Waals surface area contributed by atoms with Crippen LogP contribution >= 0.6 is 0 Å². The molecule has 3 aliphatic rings. The van der Waals surface area contributed by atoms with E-state index >= 15 is 0 Å². The first-order chi connectivity index (χ1) is 12.5. The van der Waals surface area contributed by atoms with Crippen molar-refractivity contribution >= 4 is 29.3 Å². The van der Waals surface area contributed by atoms with E-state index in [1.807, 2.05) is 0 Å². The first-order valence-corrected chi connectivity index (χ1v) is 8.78. The van der Waals surface area contributed by atoms with Gasteiger partial charge in [-0.05, 0) is 37.1 Å². The molecule has 0 bridgehead atoms. The Balaban J connectivity index is 1.58. The number of benzene rings is 1. The predicted molar refractivity (Wildman–Crippen MR) is 92.6 cm³/mol. The Bertz CT molecular complexity index is 821. The number of carbonyl (C=O) groups is 4. The van der Waals surface area contributed by atoms with Gasteiger partial charge in [-0.15, -0.1) is 0 Å². The number of nitrogens with zero attached hydrogens (tertiary/aromatic N) is 1. The minimum atomic E-state index is -0.935. The van der Waals surface area contributed by atoms with Crippen LogP contribution in [-0.4, -0.2) is 53.7 Å². The highest BCUT2D eigenvalue weighted by atomic mass is 16.2. The third kappa shape index (κ3) is 2.66. The molecule has 3 N–H and O–H groups in total. The molecule has 4 amide bonds. The second-order valence-corrected chi connectivity index (χ2v) is 7.09. The molecular weight excluding hydrogens is 336 g/mol. The summed E-state index contributed by atoms with van der Waals surface area (Å²) in [6.07, 6.45) is 0.273. The fourth-order valence-electron chi connectivity index (χ4n) is 3.78. The van der Waals surface area contributed by atoms with E-state index in [2.05, 4.69) is 22.9 Å². The van der Waals surface area contributed by atoms with Crippen LogP contribution in [0.5, 0.6) is 0 Å². The monoisotopic (exact) mass is 356 g/mol. The Labute approximate surface area is 150 Å². The number of piperidine rings is 1. The molecule has 3 aliphatic heterocycles. The number of carbonyl (C=O) groups excluding carboxylic acids is 4. The van der Waals surface area contributed by atoms with Crippen LogP contribution in [0.4, 0.5) is 5.69 Å². The standard InChI is InChI=1S/C18H20N4O4/c1-9-7-19-8-13(9)20-10-2-3-11-12(6-10)18(26)22(17(11)25)14-4-5-15(23)21-16(14)24/h2-3,6,9,13-14,19-20H,4-5,7-8H2,1H3,(H,21,23,24)/t9-,13+,14?/m1/s1. The summed E-state index contributed by atoms with van der Waals surface area (Å²) in [6.45, 7) is 3.92. The van der Waals surface area contributed by atoms with Crippen LogP contribution in [0.2, 0.25) is 0 Å². The van der Waals surface area contributed by atoms with Gasteiger partial charge in [0.05, 0.1) is 11.1 Å². The lowest BCUT2D eigenvalue weighted by Gasteiger charge is -2.27. The van der Waals surface area contributed by atoms with Crippen molar-refractivity contribution < 1.29 is 19.2 Å².